The Bertz CT molecular complexity index is 1030. The molecule has 0 aliphatic rings. The number of methoxy groups -OCH3 is 1. The largest absolute Gasteiger partial charge is 0.497 e. The first-order chi connectivity index (χ1) is 13.7. The third-order valence-corrected chi connectivity index (χ3v) is 5.20. The van der Waals surface area contributed by atoms with Crippen LogP contribution in [0.5, 0.6) is 5.75 Å². The molecule has 142 valence electrons. The quantitative estimate of drug-likeness (QED) is 0.471. The number of benzene rings is 3. The second-order valence-corrected chi connectivity index (χ2v) is 6.91. The van der Waals surface area contributed by atoms with E-state index in [0.29, 0.717) is 6.61 Å². The van der Waals surface area contributed by atoms with Gasteiger partial charge in [-0.05, 0) is 35.4 Å². The lowest BCUT2D eigenvalue weighted by Gasteiger charge is -2.16. The highest BCUT2D eigenvalue weighted by Crippen LogP contribution is 2.28. The van der Waals surface area contributed by atoms with Gasteiger partial charge in [0.15, 0.2) is 17.1 Å². The number of ether oxygens (including phenoxy) is 2. The predicted octanol–water partition coefficient (Wildman–Crippen LogP) is 4.32. The van der Waals surface area contributed by atoms with Gasteiger partial charge in [0.1, 0.15) is 5.75 Å². The van der Waals surface area contributed by atoms with E-state index in [9.17, 15) is 0 Å². The Morgan fingerprint density at radius 1 is 0.893 bits per heavy atom. The summed E-state index contributed by atoms with van der Waals surface area (Å²) in [5, 5.41) is 0. The SMILES string of the molecule is COc1ccc(COC(c2ccccc2)c2n(C)c3ccccc3[n+]2C)cc1. The molecule has 0 saturated heterocycles. The van der Waals surface area contributed by atoms with Gasteiger partial charge < -0.3 is 9.47 Å². The minimum absolute atomic E-state index is 0.175. The van der Waals surface area contributed by atoms with Crippen LogP contribution in [0.2, 0.25) is 0 Å². The predicted molar refractivity (Wildman–Crippen MR) is 110 cm³/mol. The summed E-state index contributed by atoms with van der Waals surface area (Å²) >= 11 is 0. The van der Waals surface area contributed by atoms with Gasteiger partial charge in [0.05, 0.1) is 27.8 Å². The van der Waals surface area contributed by atoms with Crippen LogP contribution in [0.3, 0.4) is 0 Å². The Balaban J connectivity index is 1.72. The fourth-order valence-corrected chi connectivity index (χ4v) is 3.70. The van der Waals surface area contributed by atoms with Gasteiger partial charge in [-0.1, -0.05) is 54.6 Å². The van der Waals surface area contributed by atoms with Crippen molar-refractivity contribution in [2.24, 2.45) is 14.1 Å². The molecule has 1 unspecified atom stereocenters. The van der Waals surface area contributed by atoms with Gasteiger partial charge in [-0.15, -0.1) is 0 Å². The lowest BCUT2D eigenvalue weighted by Crippen LogP contribution is -2.35. The van der Waals surface area contributed by atoms with Crippen LogP contribution in [0, 0.1) is 0 Å². The van der Waals surface area contributed by atoms with Crippen molar-refractivity contribution in [1.29, 1.82) is 0 Å². The third-order valence-electron chi connectivity index (χ3n) is 5.20. The molecule has 4 aromatic rings. The summed E-state index contributed by atoms with van der Waals surface area (Å²) in [6.45, 7) is 0.519. The molecule has 0 saturated carbocycles. The van der Waals surface area contributed by atoms with Crippen LogP contribution in [-0.4, -0.2) is 11.7 Å². The Kier molecular flexibility index (Phi) is 5.13. The van der Waals surface area contributed by atoms with E-state index in [1.54, 1.807) is 7.11 Å². The number of para-hydroxylation sites is 2. The van der Waals surface area contributed by atoms with E-state index >= 15 is 0 Å². The molecule has 0 bridgehead atoms. The zero-order valence-corrected chi connectivity index (χ0v) is 16.5. The van der Waals surface area contributed by atoms with E-state index in [4.69, 9.17) is 9.47 Å². The Morgan fingerprint density at radius 2 is 1.57 bits per heavy atom. The van der Waals surface area contributed by atoms with Crippen molar-refractivity contribution in [2.75, 3.05) is 7.11 Å². The van der Waals surface area contributed by atoms with Gasteiger partial charge in [-0.25, -0.2) is 9.13 Å². The maximum atomic E-state index is 6.48. The minimum atomic E-state index is -0.175. The number of imidazole rings is 1. The zero-order valence-electron chi connectivity index (χ0n) is 16.5. The van der Waals surface area contributed by atoms with Gasteiger partial charge in [-0.3, -0.25) is 0 Å². The van der Waals surface area contributed by atoms with Crippen molar-refractivity contribution in [1.82, 2.24) is 4.57 Å². The molecule has 1 heterocycles. The second-order valence-electron chi connectivity index (χ2n) is 6.91. The van der Waals surface area contributed by atoms with Crippen LogP contribution in [-0.2, 0) is 25.4 Å². The molecule has 0 fully saturated rings. The standard InChI is InChI=1S/C24H25N2O2/c1-25-21-11-7-8-12-22(21)26(2)24(25)23(19-9-5-4-6-10-19)28-17-18-13-15-20(27-3)16-14-18/h4-16,23H,17H2,1-3H3/q+1. The second kappa shape index (κ2) is 7.87. The molecular formula is C24H25N2O2+. The number of fused-ring (bicyclic) bond motifs is 1. The summed E-state index contributed by atoms with van der Waals surface area (Å²) in [6, 6.07) is 26.8. The van der Waals surface area contributed by atoms with E-state index < -0.39 is 0 Å². The maximum absolute atomic E-state index is 6.48. The van der Waals surface area contributed by atoms with Crippen molar-refractivity contribution in [3.8, 4) is 5.75 Å². The molecular weight excluding hydrogens is 348 g/mol. The van der Waals surface area contributed by atoms with Gasteiger partial charge in [0.2, 0.25) is 0 Å². The van der Waals surface area contributed by atoms with E-state index in [1.165, 1.54) is 11.0 Å². The molecule has 4 nitrogen and oxygen atoms in total. The normalized spacial score (nSPS) is 12.2. The monoisotopic (exact) mass is 373 g/mol. The number of aromatic nitrogens is 2. The molecule has 4 heteroatoms. The average Bonchev–Trinajstić information content (AvgIpc) is 3.01. The fourth-order valence-electron chi connectivity index (χ4n) is 3.70. The van der Waals surface area contributed by atoms with Crippen LogP contribution in [0.1, 0.15) is 23.1 Å². The molecule has 0 aliphatic heterocycles. The van der Waals surface area contributed by atoms with Crippen LogP contribution in [0.4, 0.5) is 0 Å². The highest BCUT2D eigenvalue weighted by Gasteiger charge is 2.30. The lowest BCUT2D eigenvalue weighted by molar-refractivity contribution is -0.657. The number of hydrogen-bond donors (Lipinski definition) is 0. The highest BCUT2D eigenvalue weighted by molar-refractivity contribution is 5.72. The van der Waals surface area contributed by atoms with Crippen molar-refractivity contribution in [3.05, 3.63) is 95.8 Å². The molecule has 4 rings (SSSR count). The molecule has 1 atom stereocenters. The number of aryl methyl sites for hydroxylation is 2. The minimum Gasteiger partial charge on any atom is -0.497 e. The number of nitrogens with zero attached hydrogens (tertiary/aromatic N) is 2. The summed E-state index contributed by atoms with van der Waals surface area (Å²) in [6.07, 6.45) is -0.175. The number of hydrogen-bond acceptors (Lipinski definition) is 2. The van der Waals surface area contributed by atoms with E-state index in [2.05, 4.69) is 71.8 Å². The first-order valence-electron chi connectivity index (χ1n) is 9.42. The Morgan fingerprint density at radius 3 is 2.25 bits per heavy atom. The maximum Gasteiger partial charge on any atom is 0.291 e. The van der Waals surface area contributed by atoms with Crippen molar-refractivity contribution < 1.29 is 14.0 Å². The molecule has 1 aromatic heterocycles. The topological polar surface area (TPSA) is 27.3 Å². The summed E-state index contributed by atoms with van der Waals surface area (Å²) in [5.41, 5.74) is 4.63. The van der Waals surface area contributed by atoms with Gasteiger partial charge >= 0.3 is 0 Å². The summed E-state index contributed by atoms with van der Waals surface area (Å²) in [7, 11) is 5.88. The van der Waals surface area contributed by atoms with Crippen molar-refractivity contribution >= 4 is 11.0 Å². The van der Waals surface area contributed by atoms with E-state index in [-0.39, 0.29) is 6.10 Å². The molecule has 0 N–H and O–H groups in total. The summed E-state index contributed by atoms with van der Waals surface area (Å²) in [5.74, 6) is 1.96. The number of rotatable bonds is 6. The van der Waals surface area contributed by atoms with Crippen molar-refractivity contribution in [2.45, 2.75) is 12.7 Å². The van der Waals surface area contributed by atoms with Gasteiger partial charge in [-0.2, -0.15) is 0 Å². The van der Waals surface area contributed by atoms with Crippen LogP contribution >= 0.6 is 0 Å². The smallest absolute Gasteiger partial charge is 0.291 e. The zero-order chi connectivity index (χ0) is 19.5. The van der Waals surface area contributed by atoms with Gasteiger partial charge in [0, 0.05) is 0 Å². The average molecular weight is 373 g/mol. The Labute approximate surface area is 165 Å². The first-order valence-corrected chi connectivity index (χ1v) is 9.42. The van der Waals surface area contributed by atoms with Crippen molar-refractivity contribution in [3.63, 3.8) is 0 Å². The molecule has 0 spiro atoms. The van der Waals surface area contributed by atoms with Crippen LogP contribution in [0.25, 0.3) is 11.0 Å². The Hall–Kier alpha value is -3.11. The molecule has 0 amide bonds. The van der Waals surface area contributed by atoms with E-state index in [0.717, 1.165) is 22.7 Å². The molecule has 3 aromatic carbocycles. The molecule has 0 aliphatic carbocycles. The highest BCUT2D eigenvalue weighted by atomic mass is 16.5. The fraction of sp³-hybridized carbons (Fsp3) is 0.208. The van der Waals surface area contributed by atoms with Crippen LogP contribution in [0.15, 0.2) is 78.9 Å². The first kappa shape index (κ1) is 18.3. The van der Waals surface area contributed by atoms with E-state index in [1.807, 2.05) is 30.3 Å². The summed E-state index contributed by atoms with van der Waals surface area (Å²) < 4.78 is 16.2. The van der Waals surface area contributed by atoms with Crippen LogP contribution < -0.4 is 9.30 Å². The van der Waals surface area contributed by atoms with Gasteiger partial charge in [0.25, 0.3) is 5.82 Å². The molecule has 0 radical (unpaired) electrons. The lowest BCUT2D eigenvalue weighted by atomic mass is 10.1. The third kappa shape index (κ3) is 3.39. The molecule has 28 heavy (non-hydrogen) atoms. The summed E-state index contributed by atoms with van der Waals surface area (Å²) in [4.78, 5) is 0.